The minimum Gasteiger partial charge on any atom is -0.352 e. The van der Waals surface area contributed by atoms with Crippen molar-refractivity contribution in [1.29, 1.82) is 0 Å². The zero-order chi connectivity index (χ0) is 14.1. The van der Waals surface area contributed by atoms with E-state index in [4.69, 9.17) is 5.73 Å². The Morgan fingerprint density at radius 2 is 1.84 bits per heavy atom. The molecule has 1 rings (SSSR count). The lowest BCUT2D eigenvalue weighted by molar-refractivity contribution is -0.121. The van der Waals surface area contributed by atoms with Gasteiger partial charge in [-0.3, -0.25) is 9.69 Å². The van der Waals surface area contributed by atoms with Crippen LogP contribution < -0.4 is 11.1 Å². The Labute approximate surface area is 116 Å². The van der Waals surface area contributed by atoms with Crippen LogP contribution in [0, 0.1) is 0 Å². The Hall–Kier alpha value is -1.39. The third-order valence-corrected chi connectivity index (χ3v) is 3.25. The highest BCUT2D eigenvalue weighted by molar-refractivity contribution is 5.76. The minimum atomic E-state index is 0.0140. The van der Waals surface area contributed by atoms with Crippen LogP contribution in [0.3, 0.4) is 0 Å². The first-order valence-corrected chi connectivity index (χ1v) is 6.97. The molecule has 4 heteroatoms. The molecule has 106 valence electrons. The van der Waals surface area contributed by atoms with Gasteiger partial charge in [0.25, 0.3) is 0 Å². The monoisotopic (exact) mass is 263 g/mol. The van der Waals surface area contributed by atoms with Crippen LogP contribution in [-0.4, -0.2) is 30.4 Å². The molecule has 19 heavy (non-hydrogen) atoms. The highest BCUT2D eigenvalue weighted by Gasteiger charge is 2.07. The molecule has 0 saturated carbocycles. The number of rotatable bonds is 8. The van der Waals surface area contributed by atoms with Gasteiger partial charge in [-0.2, -0.15) is 0 Å². The summed E-state index contributed by atoms with van der Waals surface area (Å²) in [7, 11) is 0. The molecule has 0 aliphatic rings. The summed E-state index contributed by atoms with van der Waals surface area (Å²) in [5.41, 5.74) is 7.82. The fourth-order valence-electron chi connectivity index (χ4n) is 1.99. The number of carbonyl (C=O) groups is 1. The van der Waals surface area contributed by atoms with Gasteiger partial charge in [-0.15, -0.1) is 0 Å². The number of nitrogens with zero attached hydrogens (tertiary/aromatic N) is 1. The number of carbonyl (C=O) groups excluding carboxylic acids is 1. The second kappa shape index (κ2) is 8.67. The molecular formula is C15H25N3O. The van der Waals surface area contributed by atoms with E-state index < -0.39 is 0 Å². The summed E-state index contributed by atoms with van der Waals surface area (Å²) in [4.78, 5) is 13.8. The third-order valence-electron chi connectivity index (χ3n) is 3.25. The first-order valence-electron chi connectivity index (χ1n) is 6.97. The zero-order valence-corrected chi connectivity index (χ0v) is 12.0. The predicted octanol–water partition coefficient (Wildman–Crippen LogP) is 1.49. The lowest BCUT2D eigenvalue weighted by Gasteiger charge is -2.20. The minimum absolute atomic E-state index is 0.0140. The molecular weight excluding hydrogens is 238 g/mol. The number of amides is 1. The fourth-order valence-corrected chi connectivity index (χ4v) is 1.99. The topological polar surface area (TPSA) is 58.4 Å². The Morgan fingerprint density at radius 1 is 1.21 bits per heavy atom. The van der Waals surface area contributed by atoms with Crippen molar-refractivity contribution in [1.82, 2.24) is 10.2 Å². The smallest absolute Gasteiger partial charge is 0.221 e. The van der Waals surface area contributed by atoms with Gasteiger partial charge in [0.2, 0.25) is 5.91 Å². The lowest BCUT2D eigenvalue weighted by Crippen LogP contribution is -2.27. The lowest BCUT2D eigenvalue weighted by atomic mass is 10.1. The summed E-state index contributed by atoms with van der Waals surface area (Å²) in [6.07, 6.45) is 0.387. The van der Waals surface area contributed by atoms with Crippen LogP contribution in [0.4, 0.5) is 0 Å². The van der Waals surface area contributed by atoms with Crippen LogP contribution in [0.2, 0.25) is 0 Å². The maximum atomic E-state index is 11.5. The normalized spacial score (nSPS) is 10.7. The molecule has 0 radical (unpaired) electrons. The van der Waals surface area contributed by atoms with Crippen molar-refractivity contribution in [3.63, 3.8) is 0 Å². The van der Waals surface area contributed by atoms with Crippen LogP contribution in [-0.2, 0) is 17.9 Å². The molecule has 3 N–H and O–H groups in total. The van der Waals surface area contributed by atoms with Crippen molar-refractivity contribution in [2.75, 3.05) is 19.6 Å². The first kappa shape index (κ1) is 15.7. The Morgan fingerprint density at radius 3 is 2.42 bits per heavy atom. The van der Waals surface area contributed by atoms with Gasteiger partial charge >= 0.3 is 0 Å². The molecule has 0 bridgehead atoms. The van der Waals surface area contributed by atoms with Gasteiger partial charge in [0.05, 0.1) is 0 Å². The van der Waals surface area contributed by atoms with Crippen molar-refractivity contribution in [2.45, 2.75) is 33.4 Å². The highest BCUT2D eigenvalue weighted by atomic mass is 16.1. The third kappa shape index (κ3) is 5.41. The molecule has 1 aromatic carbocycles. The van der Waals surface area contributed by atoms with Gasteiger partial charge in [0, 0.05) is 26.1 Å². The molecule has 1 amide bonds. The van der Waals surface area contributed by atoms with Gasteiger partial charge in [-0.25, -0.2) is 0 Å². The SMILES string of the molecule is CCN(CC)Cc1ccccc1CNC(=O)CCN. The number of nitrogens with two attached hydrogens (primary N) is 1. The molecule has 0 aromatic heterocycles. The Balaban J connectivity index is 2.64. The van der Waals surface area contributed by atoms with E-state index in [2.05, 4.69) is 36.2 Å². The molecule has 0 saturated heterocycles. The maximum absolute atomic E-state index is 11.5. The Kier molecular flexibility index (Phi) is 7.15. The molecule has 0 fully saturated rings. The molecule has 0 aliphatic heterocycles. The molecule has 4 nitrogen and oxygen atoms in total. The second-order valence-electron chi connectivity index (χ2n) is 4.55. The second-order valence-corrected chi connectivity index (χ2v) is 4.55. The predicted molar refractivity (Wildman–Crippen MR) is 78.6 cm³/mol. The highest BCUT2D eigenvalue weighted by Crippen LogP contribution is 2.11. The summed E-state index contributed by atoms with van der Waals surface area (Å²) in [5, 5.41) is 2.91. The molecule has 0 atom stereocenters. The van der Waals surface area contributed by atoms with Crippen molar-refractivity contribution in [3.05, 3.63) is 35.4 Å². The number of benzene rings is 1. The van der Waals surface area contributed by atoms with Gasteiger partial charge in [0.1, 0.15) is 0 Å². The van der Waals surface area contributed by atoms with Crippen LogP contribution in [0.5, 0.6) is 0 Å². The summed E-state index contributed by atoms with van der Waals surface area (Å²) in [5.74, 6) is 0.0140. The first-order chi connectivity index (χ1) is 9.21. The average molecular weight is 263 g/mol. The molecule has 0 aliphatic carbocycles. The van der Waals surface area contributed by atoms with Gasteiger partial charge in [-0.1, -0.05) is 38.1 Å². The van der Waals surface area contributed by atoms with E-state index >= 15 is 0 Å². The van der Waals surface area contributed by atoms with Crippen molar-refractivity contribution < 1.29 is 4.79 Å². The van der Waals surface area contributed by atoms with Crippen molar-refractivity contribution in [3.8, 4) is 0 Å². The van der Waals surface area contributed by atoms with Crippen LogP contribution >= 0.6 is 0 Å². The van der Waals surface area contributed by atoms with E-state index in [1.807, 2.05) is 12.1 Å². The zero-order valence-electron chi connectivity index (χ0n) is 12.0. The van der Waals surface area contributed by atoms with E-state index in [1.54, 1.807) is 0 Å². The van der Waals surface area contributed by atoms with Gasteiger partial charge in [0.15, 0.2) is 0 Å². The van der Waals surface area contributed by atoms with E-state index in [0.29, 0.717) is 19.5 Å². The number of hydrogen-bond donors (Lipinski definition) is 2. The summed E-state index contributed by atoms with van der Waals surface area (Å²) in [6.45, 7) is 8.29. The van der Waals surface area contributed by atoms with E-state index in [-0.39, 0.29) is 5.91 Å². The maximum Gasteiger partial charge on any atom is 0.221 e. The molecule has 0 spiro atoms. The molecule has 1 aromatic rings. The van der Waals surface area contributed by atoms with E-state index in [0.717, 1.165) is 19.6 Å². The largest absolute Gasteiger partial charge is 0.352 e. The van der Waals surface area contributed by atoms with Crippen LogP contribution in [0.15, 0.2) is 24.3 Å². The summed E-state index contributed by atoms with van der Waals surface area (Å²) < 4.78 is 0. The van der Waals surface area contributed by atoms with Gasteiger partial charge < -0.3 is 11.1 Å². The quantitative estimate of drug-likeness (QED) is 0.747. The fraction of sp³-hybridized carbons (Fsp3) is 0.533. The number of nitrogens with one attached hydrogen (secondary N) is 1. The van der Waals surface area contributed by atoms with E-state index in [9.17, 15) is 4.79 Å². The molecule has 0 unspecified atom stereocenters. The molecule has 0 heterocycles. The summed E-state index contributed by atoms with van der Waals surface area (Å²) >= 11 is 0. The number of hydrogen-bond acceptors (Lipinski definition) is 3. The van der Waals surface area contributed by atoms with Gasteiger partial charge in [-0.05, 0) is 24.2 Å². The van der Waals surface area contributed by atoms with Crippen LogP contribution in [0.1, 0.15) is 31.4 Å². The van der Waals surface area contributed by atoms with E-state index in [1.165, 1.54) is 11.1 Å². The average Bonchev–Trinajstić information content (AvgIpc) is 2.44. The standard InChI is InChI=1S/C15H25N3O/c1-3-18(4-2)12-14-8-6-5-7-13(14)11-17-15(19)9-10-16/h5-8H,3-4,9-12,16H2,1-2H3,(H,17,19). The van der Waals surface area contributed by atoms with Crippen LogP contribution in [0.25, 0.3) is 0 Å². The Bertz CT molecular complexity index is 389. The summed E-state index contributed by atoms with van der Waals surface area (Å²) in [6, 6.07) is 8.25. The van der Waals surface area contributed by atoms with Crippen molar-refractivity contribution >= 4 is 5.91 Å². The van der Waals surface area contributed by atoms with Crippen molar-refractivity contribution in [2.24, 2.45) is 5.73 Å².